The minimum atomic E-state index is 0.398. The maximum absolute atomic E-state index is 5.55. The fourth-order valence-electron chi connectivity index (χ4n) is 1.68. The van der Waals surface area contributed by atoms with Crippen LogP contribution in [0.4, 0.5) is 0 Å². The van der Waals surface area contributed by atoms with E-state index in [-0.39, 0.29) is 0 Å². The predicted molar refractivity (Wildman–Crippen MR) is 63.1 cm³/mol. The molecule has 1 aromatic heterocycles. The summed E-state index contributed by atoms with van der Waals surface area (Å²) in [7, 11) is 0. The zero-order valence-corrected chi connectivity index (χ0v) is 9.61. The Balaban J connectivity index is 2.41. The number of hydrogen-bond acceptors (Lipinski definition) is 3. The van der Waals surface area contributed by atoms with Crippen LogP contribution in [-0.4, -0.2) is 11.0 Å². The third kappa shape index (κ3) is 3.98. The molecule has 15 heavy (non-hydrogen) atoms. The first-order valence-electron chi connectivity index (χ1n) is 5.63. The Morgan fingerprint density at radius 3 is 2.87 bits per heavy atom. The highest BCUT2D eigenvalue weighted by Gasteiger charge is 2.13. The molecule has 0 bridgehead atoms. The molecule has 0 amide bonds. The first-order valence-corrected chi connectivity index (χ1v) is 5.63. The number of nitrogens with two attached hydrogens (primary N) is 1. The highest BCUT2D eigenvalue weighted by atomic mass is 15.2. The lowest BCUT2D eigenvalue weighted by atomic mass is 9.94. The molecule has 0 aromatic carbocycles. The maximum Gasteiger partial charge on any atom is 0.0299 e. The van der Waals surface area contributed by atoms with Gasteiger partial charge in [0.05, 0.1) is 0 Å². The van der Waals surface area contributed by atoms with E-state index in [1.165, 1.54) is 5.56 Å². The molecule has 0 aliphatic rings. The van der Waals surface area contributed by atoms with Crippen LogP contribution in [0.25, 0.3) is 0 Å². The molecule has 0 spiro atoms. The summed E-state index contributed by atoms with van der Waals surface area (Å²) in [4.78, 5) is 4.10. The number of hydrazine groups is 1. The van der Waals surface area contributed by atoms with Gasteiger partial charge in [0.2, 0.25) is 0 Å². The number of hydrogen-bond donors (Lipinski definition) is 2. The van der Waals surface area contributed by atoms with E-state index in [9.17, 15) is 0 Å². The molecule has 0 aliphatic heterocycles. The van der Waals surface area contributed by atoms with Gasteiger partial charge in [-0.3, -0.25) is 16.3 Å². The van der Waals surface area contributed by atoms with Crippen LogP contribution in [0.2, 0.25) is 0 Å². The average Bonchev–Trinajstić information content (AvgIpc) is 2.31. The van der Waals surface area contributed by atoms with E-state index in [4.69, 9.17) is 5.84 Å². The molecule has 1 heterocycles. The lowest BCUT2D eigenvalue weighted by molar-refractivity contribution is 0.353. The smallest absolute Gasteiger partial charge is 0.0299 e. The van der Waals surface area contributed by atoms with E-state index in [0.29, 0.717) is 12.0 Å². The van der Waals surface area contributed by atoms with Crippen molar-refractivity contribution in [2.45, 2.75) is 39.2 Å². The van der Waals surface area contributed by atoms with Gasteiger partial charge in [-0.15, -0.1) is 0 Å². The van der Waals surface area contributed by atoms with Crippen molar-refractivity contribution < 1.29 is 0 Å². The van der Waals surface area contributed by atoms with Gasteiger partial charge in [0.25, 0.3) is 0 Å². The number of pyridine rings is 1. The van der Waals surface area contributed by atoms with E-state index >= 15 is 0 Å². The Hall–Kier alpha value is -0.930. The van der Waals surface area contributed by atoms with Crippen LogP contribution in [0.5, 0.6) is 0 Å². The number of nitrogens with zero attached hydrogens (tertiary/aromatic N) is 1. The van der Waals surface area contributed by atoms with E-state index in [1.54, 1.807) is 6.20 Å². The molecule has 3 heteroatoms. The van der Waals surface area contributed by atoms with Crippen LogP contribution in [0, 0.1) is 5.92 Å². The molecule has 1 rings (SSSR count). The molecule has 84 valence electrons. The second kappa shape index (κ2) is 6.53. The SMILES string of the molecule is CCC(C)C(CCc1cccnc1)NN. The standard InChI is InChI=1S/C12H21N3/c1-3-10(2)12(15-13)7-6-11-5-4-8-14-9-11/h4-5,8-10,12,15H,3,6-7,13H2,1-2H3. The van der Waals surface area contributed by atoms with Crippen LogP contribution in [0.3, 0.4) is 0 Å². The Kier molecular flexibility index (Phi) is 5.29. The van der Waals surface area contributed by atoms with Crippen LogP contribution < -0.4 is 11.3 Å². The van der Waals surface area contributed by atoms with Crippen molar-refractivity contribution in [3.63, 3.8) is 0 Å². The molecule has 0 aliphatic carbocycles. The summed E-state index contributed by atoms with van der Waals surface area (Å²) >= 11 is 0. The van der Waals surface area contributed by atoms with Crippen molar-refractivity contribution in [3.05, 3.63) is 30.1 Å². The third-order valence-corrected chi connectivity index (χ3v) is 3.01. The highest BCUT2D eigenvalue weighted by Crippen LogP contribution is 2.13. The minimum absolute atomic E-state index is 0.398. The van der Waals surface area contributed by atoms with Gasteiger partial charge < -0.3 is 0 Å². The van der Waals surface area contributed by atoms with E-state index < -0.39 is 0 Å². The van der Waals surface area contributed by atoms with E-state index in [2.05, 4.69) is 30.3 Å². The monoisotopic (exact) mass is 207 g/mol. The lowest BCUT2D eigenvalue weighted by Crippen LogP contribution is -2.40. The van der Waals surface area contributed by atoms with Gasteiger partial charge in [-0.05, 0) is 30.4 Å². The predicted octanol–water partition coefficient (Wildman–Crippen LogP) is 1.89. The van der Waals surface area contributed by atoms with Gasteiger partial charge in [-0.1, -0.05) is 26.3 Å². The van der Waals surface area contributed by atoms with Crippen LogP contribution >= 0.6 is 0 Å². The van der Waals surface area contributed by atoms with E-state index in [0.717, 1.165) is 19.3 Å². The third-order valence-electron chi connectivity index (χ3n) is 3.01. The summed E-state index contributed by atoms with van der Waals surface area (Å²) in [5.41, 5.74) is 4.18. The molecule has 0 radical (unpaired) electrons. The van der Waals surface area contributed by atoms with Crippen molar-refractivity contribution in [2.24, 2.45) is 11.8 Å². The number of aromatic nitrogens is 1. The molecule has 3 nitrogen and oxygen atoms in total. The summed E-state index contributed by atoms with van der Waals surface area (Å²) < 4.78 is 0. The van der Waals surface area contributed by atoms with Gasteiger partial charge >= 0.3 is 0 Å². The zero-order chi connectivity index (χ0) is 11.1. The minimum Gasteiger partial charge on any atom is -0.271 e. The first kappa shape index (κ1) is 12.1. The second-order valence-electron chi connectivity index (χ2n) is 4.06. The van der Waals surface area contributed by atoms with Gasteiger partial charge in [-0.2, -0.15) is 0 Å². The van der Waals surface area contributed by atoms with Gasteiger partial charge in [0.1, 0.15) is 0 Å². The highest BCUT2D eigenvalue weighted by molar-refractivity contribution is 5.08. The lowest BCUT2D eigenvalue weighted by Gasteiger charge is -2.21. The van der Waals surface area contributed by atoms with Gasteiger partial charge in [0.15, 0.2) is 0 Å². The summed E-state index contributed by atoms with van der Waals surface area (Å²) in [6.45, 7) is 4.42. The van der Waals surface area contributed by atoms with Crippen molar-refractivity contribution in [2.75, 3.05) is 0 Å². The molecule has 0 fully saturated rings. The zero-order valence-electron chi connectivity index (χ0n) is 9.61. The molecule has 2 atom stereocenters. The first-order chi connectivity index (χ1) is 7.27. The molecule has 0 saturated carbocycles. The Labute approximate surface area is 92.1 Å². The number of nitrogens with one attached hydrogen (secondary N) is 1. The molecule has 1 aromatic rings. The average molecular weight is 207 g/mol. The number of aryl methyl sites for hydroxylation is 1. The maximum atomic E-state index is 5.55. The largest absolute Gasteiger partial charge is 0.271 e. The van der Waals surface area contributed by atoms with Crippen molar-refractivity contribution >= 4 is 0 Å². The Bertz CT molecular complexity index is 261. The Morgan fingerprint density at radius 1 is 1.53 bits per heavy atom. The van der Waals surface area contributed by atoms with Crippen LogP contribution in [0.1, 0.15) is 32.3 Å². The van der Waals surface area contributed by atoms with E-state index in [1.807, 2.05) is 12.3 Å². The van der Waals surface area contributed by atoms with Gasteiger partial charge in [0, 0.05) is 18.4 Å². The normalized spacial score (nSPS) is 14.9. The molecule has 3 N–H and O–H groups in total. The van der Waals surface area contributed by atoms with Crippen molar-refractivity contribution in [3.8, 4) is 0 Å². The van der Waals surface area contributed by atoms with Crippen LogP contribution in [0.15, 0.2) is 24.5 Å². The van der Waals surface area contributed by atoms with Gasteiger partial charge in [-0.25, -0.2) is 0 Å². The quantitative estimate of drug-likeness (QED) is 0.553. The summed E-state index contributed by atoms with van der Waals surface area (Å²) in [6, 6.07) is 4.48. The second-order valence-corrected chi connectivity index (χ2v) is 4.06. The van der Waals surface area contributed by atoms with Crippen molar-refractivity contribution in [1.29, 1.82) is 0 Å². The molecular formula is C12H21N3. The topological polar surface area (TPSA) is 50.9 Å². The fraction of sp³-hybridized carbons (Fsp3) is 0.583. The Morgan fingerprint density at radius 2 is 2.33 bits per heavy atom. The summed E-state index contributed by atoms with van der Waals surface area (Å²) in [5, 5.41) is 0. The fourth-order valence-corrected chi connectivity index (χ4v) is 1.68. The summed E-state index contributed by atoms with van der Waals surface area (Å²) in [6.07, 6.45) is 6.98. The number of rotatable bonds is 6. The van der Waals surface area contributed by atoms with Crippen LogP contribution in [-0.2, 0) is 6.42 Å². The molecule has 2 unspecified atom stereocenters. The molecule has 0 saturated heterocycles. The molecular weight excluding hydrogens is 186 g/mol. The summed E-state index contributed by atoms with van der Waals surface area (Å²) in [5.74, 6) is 6.17. The van der Waals surface area contributed by atoms with Crippen molar-refractivity contribution in [1.82, 2.24) is 10.4 Å².